The molecule has 1 atom stereocenters. The van der Waals surface area contributed by atoms with Crippen molar-refractivity contribution < 1.29 is 5.11 Å². The Labute approximate surface area is 69.1 Å². The van der Waals surface area contributed by atoms with Crippen LogP contribution >= 0.6 is 0 Å². The van der Waals surface area contributed by atoms with Crippen LogP contribution in [0.15, 0.2) is 11.6 Å². The minimum absolute atomic E-state index is 0.101. The summed E-state index contributed by atoms with van der Waals surface area (Å²) in [6, 6.07) is 0. The van der Waals surface area contributed by atoms with Crippen molar-refractivity contribution >= 4 is 0 Å². The Balaban J connectivity index is 2.28. The Morgan fingerprint density at radius 1 is 1.64 bits per heavy atom. The van der Waals surface area contributed by atoms with Crippen LogP contribution in [0, 0.1) is 5.92 Å². The molecule has 1 aliphatic rings. The lowest BCUT2D eigenvalue weighted by molar-refractivity contribution is 0.182. The number of hydrogen-bond acceptors (Lipinski definition) is 0. The molecule has 0 aliphatic heterocycles. The van der Waals surface area contributed by atoms with Gasteiger partial charge in [-0.1, -0.05) is 11.6 Å². The lowest BCUT2D eigenvalue weighted by Crippen LogP contribution is -2.03. The topological polar surface area (TPSA) is 19.9 Å². The van der Waals surface area contributed by atoms with Crippen LogP contribution in [0.25, 0.3) is 0 Å². The summed E-state index contributed by atoms with van der Waals surface area (Å²) < 4.78 is 0. The van der Waals surface area contributed by atoms with Gasteiger partial charge in [-0.05, 0) is 44.9 Å². The van der Waals surface area contributed by atoms with Crippen LogP contribution in [0.5, 0.6) is 0 Å². The summed E-state index contributed by atoms with van der Waals surface area (Å²) in [5, 5.41) is 10.2. The van der Waals surface area contributed by atoms with Crippen LogP contribution in [0.4, 0.5) is 0 Å². The van der Waals surface area contributed by atoms with Gasteiger partial charge in [-0.15, -0.1) is 0 Å². The maximum absolute atomic E-state index is 10.2. The first-order valence-electron chi connectivity index (χ1n) is 4.58. The van der Waals surface area contributed by atoms with Crippen molar-refractivity contribution in [3.8, 4) is 0 Å². The average Bonchev–Trinajstić information content (AvgIpc) is 2.01. The van der Waals surface area contributed by atoms with Gasteiger partial charge in [-0.2, -0.15) is 0 Å². The van der Waals surface area contributed by atoms with Gasteiger partial charge in [0.05, 0.1) is 6.61 Å². The van der Waals surface area contributed by atoms with E-state index in [4.69, 9.17) is 0 Å². The Morgan fingerprint density at radius 2 is 2.45 bits per heavy atom. The molecular formula is C10H17O. The van der Waals surface area contributed by atoms with E-state index in [9.17, 15) is 5.11 Å². The Morgan fingerprint density at radius 3 is 3.09 bits per heavy atom. The van der Waals surface area contributed by atoms with E-state index in [1.165, 1.54) is 24.8 Å². The number of hydrogen-bond donors (Lipinski definition) is 0. The van der Waals surface area contributed by atoms with Crippen molar-refractivity contribution in [2.75, 3.05) is 6.61 Å². The third-order valence-electron chi connectivity index (χ3n) is 2.39. The summed E-state index contributed by atoms with van der Waals surface area (Å²) >= 11 is 0. The van der Waals surface area contributed by atoms with Gasteiger partial charge in [0.2, 0.25) is 0 Å². The number of allylic oxidation sites excluding steroid dienone is 2. The molecule has 0 heterocycles. The number of rotatable bonds is 3. The van der Waals surface area contributed by atoms with E-state index in [0.29, 0.717) is 0 Å². The van der Waals surface area contributed by atoms with Crippen molar-refractivity contribution in [3.63, 3.8) is 0 Å². The van der Waals surface area contributed by atoms with Crippen molar-refractivity contribution in [1.82, 2.24) is 0 Å². The lowest BCUT2D eigenvalue weighted by Gasteiger charge is -2.18. The smallest absolute Gasteiger partial charge is 0.0822 e. The SMILES string of the molecule is CC1=CC(CCC[O])CCC1. The molecule has 63 valence electrons. The highest BCUT2D eigenvalue weighted by molar-refractivity contribution is 5.04. The van der Waals surface area contributed by atoms with Crippen LogP contribution in [0.1, 0.15) is 39.0 Å². The van der Waals surface area contributed by atoms with Gasteiger partial charge < -0.3 is 0 Å². The quantitative estimate of drug-likeness (QED) is 0.555. The fourth-order valence-electron chi connectivity index (χ4n) is 1.79. The summed E-state index contributed by atoms with van der Waals surface area (Å²) in [6.07, 6.45) is 8.23. The second-order valence-electron chi connectivity index (χ2n) is 3.51. The standard InChI is InChI=1S/C10H17O/c1-9-4-2-5-10(8-9)6-3-7-11/h8,10H,2-7H2,1H3. The summed E-state index contributed by atoms with van der Waals surface area (Å²) in [6.45, 7) is 2.30. The van der Waals surface area contributed by atoms with Gasteiger partial charge in [-0.3, -0.25) is 0 Å². The highest BCUT2D eigenvalue weighted by atomic mass is 16.2. The van der Waals surface area contributed by atoms with E-state index in [1.807, 2.05) is 0 Å². The third kappa shape index (κ3) is 3.06. The van der Waals surface area contributed by atoms with Crippen molar-refractivity contribution in [2.24, 2.45) is 5.92 Å². The average molecular weight is 153 g/mol. The maximum Gasteiger partial charge on any atom is 0.0822 e. The molecule has 1 heteroatoms. The highest BCUT2D eigenvalue weighted by Crippen LogP contribution is 2.25. The van der Waals surface area contributed by atoms with Crippen molar-refractivity contribution in [3.05, 3.63) is 11.6 Å². The maximum atomic E-state index is 10.2. The molecule has 0 aromatic rings. The molecular weight excluding hydrogens is 136 g/mol. The molecule has 0 fully saturated rings. The van der Waals surface area contributed by atoms with Gasteiger partial charge in [0.15, 0.2) is 0 Å². The third-order valence-corrected chi connectivity index (χ3v) is 2.39. The molecule has 1 unspecified atom stereocenters. The summed E-state index contributed by atoms with van der Waals surface area (Å²) in [5.41, 5.74) is 1.52. The Bertz CT molecular complexity index is 138. The second-order valence-corrected chi connectivity index (χ2v) is 3.51. The van der Waals surface area contributed by atoms with Gasteiger partial charge in [0, 0.05) is 0 Å². The molecule has 1 rings (SSSR count). The van der Waals surface area contributed by atoms with Crippen LogP contribution < -0.4 is 0 Å². The highest BCUT2D eigenvalue weighted by Gasteiger charge is 2.10. The van der Waals surface area contributed by atoms with Gasteiger partial charge in [0.25, 0.3) is 0 Å². The van der Waals surface area contributed by atoms with E-state index in [2.05, 4.69) is 13.0 Å². The first kappa shape index (κ1) is 8.79. The van der Waals surface area contributed by atoms with Gasteiger partial charge in [0.1, 0.15) is 0 Å². The Hall–Kier alpha value is -0.300. The first-order chi connectivity index (χ1) is 5.33. The zero-order chi connectivity index (χ0) is 8.10. The molecule has 1 nitrogen and oxygen atoms in total. The second kappa shape index (κ2) is 4.55. The van der Waals surface area contributed by atoms with Crippen LogP contribution in [-0.4, -0.2) is 6.61 Å². The Kier molecular flexibility index (Phi) is 3.64. The summed E-state index contributed by atoms with van der Waals surface area (Å²) in [4.78, 5) is 0. The molecule has 1 radical (unpaired) electrons. The monoisotopic (exact) mass is 153 g/mol. The van der Waals surface area contributed by atoms with E-state index in [-0.39, 0.29) is 6.61 Å². The first-order valence-corrected chi connectivity index (χ1v) is 4.58. The van der Waals surface area contributed by atoms with Crippen LogP contribution in [-0.2, 0) is 5.11 Å². The van der Waals surface area contributed by atoms with Gasteiger partial charge >= 0.3 is 0 Å². The van der Waals surface area contributed by atoms with Crippen molar-refractivity contribution in [1.29, 1.82) is 0 Å². The predicted molar refractivity (Wildman–Crippen MR) is 45.9 cm³/mol. The fourth-order valence-corrected chi connectivity index (χ4v) is 1.79. The van der Waals surface area contributed by atoms with E-state index in [1.54, 1.807) is 0 Å². The molecule has 1 aliphatic carbocycles. The molecule has 0 N–H and O–H groups in total. The summed E-state index contributed by atoms with van der Waals surface area (Å²) in [7, 11) is 0. The minimum atomic E-state index is 0.101. The molecule has 0 saturated carbocycles. The lowest BCUT2D eigenvalue weighted by atomic mass is 9.88. The predicted octanol–water partition coefficient (Wildman–Crippen LogP) is 2.94. The molecule has 0 aromatic heterocycles. The zero-order valence-electron chi connectivity index (χ0n) is 7.31. The fraction of sp³-hybridized carbons (Fsp3) is 0.800. The van der Waals surface area contributed by atoms with Gasteiger partial charge in [-0.25, -0.2) is 5.11 Å². The largest absolute Gasteiger partial charge is 0.237 e. The van der Waals surface area contributed by atoms with E-state index >= 15 is 0 Å². The summed E-state index contributed by atoms with van der Waals surface area (Å²) in [5.74, 6) is 0.720. The van der Waals surface area contributed by atoms with Crippen LogP contribution in [0.2, 0.25) is 0 Å². The molecule has 11 heavy (non-hydrogen) atoms. The molecule has 0 bridgehead atoms. The van der Waals surface area contributed by atoms with Crippen LogP contribution in [0.3, 0.4) is 0 Å². The zero-order valence-corrected chi connectivity index (χ0v) is 7.31. The molecule has 0 aromatic carbocycles. The van der Waals surface area contributed by atoms with E-state index < -0.39 is 0 Å². The minimum Gasteiger partial charge on any atom is -0.237 e. The normalized spacial score (nSPS) is 24.9. The molecule has 0 amide bonds. The van der Waals surface area contributed by atoms with E-state index in [0.717, 1.165) is 18.8 Å². The van der Waals surface area contributed by atoms with Crippen molar-refractivity contribution in [2.45, 2.75) is 39.0 Å². The molecule has 0 saturated heterocycles. The molecule has 0 spiro atoms.